The monoisotopic (exact) mass is 316 g/mol. The van der Waals surface area contributed by atoms with E-state index in [1.807, 2.05) is 30.3 Å². The Bertz CT molecular complexity index is 601. The van der Waals surface area contributed by atoms with Crippen LogP contribution in [0.4, 0.5) is 4.79 Å². The largest absolute Gasteiger partial charge is 0.445 e. The second-order valence-electron chi connectivity index (χ2n) is 6.35. The van der Waals surface area contributed by atoms with Crippen molar-refractivity contribution in [1.82, 2.24) is 4.90 Å². The van der Waals surface area contributed by atoms with Crippen molar-refractivity contribution in [2.45, 2.75) is 50.0 Å². The number of rotatable bonds is 4. The highest BCUT2D eigenvalue weighted by atomic mass is 16.6. The van der Waals surface area contributed by atoms with Gasteiger partial charge in [-0.15, -0.1) is 0 Å². The van der Waals surface area contributed by atoms with Crippen LogP contribution in [0.5, 0.6) is 0 Å². The zero-order chi connectivity index (χ0) is 16.3. The first-order chi connectivity index (χ1) is 11.1. The Morgan fingerprint density at radius 3 is 2.61 bits per heavy atom. The van der Waals surface area contributed by atoms with Gasteiger partial charge in [0.05, 0.1) is 12.1 Å². The molecule has 2 aliphatic heterocycles. The van der Waals surface area contributed by atoms with Gasteiger partial charge in [-0.25, -0.2) is 4.79 Å². The summed E-state index contributed by atoms with van der Waals surface area (Å²) in [6.07, 6.45) is 2.24. The first-order valence-corrected chi connectivity index (χ1v) is 7.83. The van der Waals surface area contributed by atoms with Gasteiger partial charge in [0.1, 0.15) is 6.61 Å². The maximum absolute atomic E-state index is 12.4. The zero-order valence-corrected chi connectivity index (χ0v) is 12.8. The molecule has 2 bridgehead atoms. The molecular formula is C16H20N4O3. The summed E-state index contributed by atoms with van der Waals surface area (Å²) >= 11 is 0. The number of piperidine rings is 1. The van der Waals surface area contributed by atoms with E-state index in [0.29, 0.717) is 12.8 Å². The number of hydrogen-bond acceptors (Lipinski definition) is 4. The quantitative estimate of drug-likeness (QED) is 0.525. The molecule has 23 heavy (non-hydrogen) atoms. The number of carbonyl (C=O) groups is 1. The van der Waals surface area contributed by atoms with Crippen LogP contribution in [0, 0.1) is 0 Å². The van der Waals surface area contributed by atoms with Crippen LogP contribution in [0.25, 0.3) is 10.4 Å². The predicted octanol–water partition coefficient (Wildman–Crippen LogP) is 2.99. The number of ether oxygens (including phenoxy) is 1. The van der Waals surface area contributed by atoms with Crippen molar-refractivity contribution in [1.29, 1.82) is 0 Å². The van der Waals surface area contributed by atoms with Gasteiger partial charge < -0.3 is 14.7 Å². The van der Waals surface area contributed by atoms with Crippen LogP contribution < -0.4 is 0 Å². The minimum Gasteiger partial charge on any atom is -0.445 e. The van der Waals surface area contributed by atoms with Crippen molar-refractivity contribution in [2.75, 3.05) is 6.54 Å². The Labute approximate surface area is 134 Å². The Morgan fingerprint density at radius 2 is 2.00 bits per heavy atom. The van der Waals surface area contributed by atoms with Crippen molar-refractivity contribution in [3.8, 4) is 0 Å². The van der Waals surface area contributed by atoms with E-state index in [1.54, 1.807) is 4.90 Å². The number of nitrogens with zero attached hydrogens (tertiary/aromatic N) is 4. The third kappa shape index (κ3) is 3.41. The molecule has 2 heterocycles. The number of benzene rings is 1. The number of aliphatic hydroxyl groups is 1. The lowest BCUT2D eigenvalue weighted by Crippen LogP contribution is -2.54. The minimum absolute atomic E-state index is 0.0454. The fourth-order valence-electron chi connectivity index (χ4n) is 3.71. The summed E-state index contributed by atoms with van der Waals surface area (Å²) < 4.78 is 5.42. The highest BCUT2D eigenvalue weighted by molar-refractivity contribution is 5.69. The SMILES string of the molecule is [N-]=[N+]=NCC1(O)CC2CCC(C1)N2C(=O)OCc1ccccc1. The zero-order valence-electron chi connectivity index (χ0n) is 12.8. The number of fused-ring (bicyclic) bond motifs is 2. The van der Waals surface area contributed by atoms with Gasteiger partial charge in [-0.2, -0.15) is 0 Å². The molecule has 7 nitrogen and oxygen atoms in total. The van der Waals surface area contributed by atoms with E-state index in [1.165, 1.54) is 0 Å². The summed E-state index contributed by atoms with van der Waals surface area (Å²) in [5.74, 6) is 0. The van der Waals surface area contributed by atoms with Gasteiger partial charge in [0.15, 0.2) is 0 Å². The fourth-order valence-corrected chi connectivity index (χ4v) is 3.71. The molecule has 0 radical (unpaired) electrons. The van der Waals surface area contributed by atoms with Crippen LogP contribution in [0.15, 0.2) is 35.4 Å². The van der Waals surface area contributed by atoms with E-state index >= 15 is 0 Å². The van der Waals surface area contributed by atoms with Gasteiger partial charge in [-0.1, -0.05) is 35.4 Å². The van der Waals surface area contributed by atoms with Crippen molar-refractivity contribution in [3.05, 3.63) is 46.3 Å². The molecule has 0 aliphatic carbocycles. The van der Waals surface area contributed by atoms with Crippen molar-refractivity contribution in [2.24, 2.45) is 5.11 Å². The van der Waals surface area contributed by atoms with Gasteiger partial charge in [0.2, 0.25) is 0 Å². The topological polar surface area (TPSA) is 98.5 Å². The molecule has 2 aliphatic rings. The number of hydrogen-bond donors (Lipinski definition) is 1. The Balaban J connectivity index is 1.61. The van der Waals surface area contributed by atoms with Gasteiger partial charge in [-0.05, 0) is 36.8 Å². The van der Waals surface area contributed by atoms with E-state index in [-0.39, 0.29) is 31.3 Å². The summed E-state index contributed by atoms with van der Waals surface area (Å²) in [7, 11) is 0. The number of carbonyl (C=O) groups excluding carboxylic acids is 1. The highest BCUT2D eigenvalue weighted by Gasteiger charge is 2.49. The maximum Gasteiger partial charge on any atom is 0.410 e. The molecule has 122 valence electrons. The lowest BCUT2D eigenvalue weighted by Gasteiger charge is -2.42. The van der Waals surface area contributed by atoms with Crippen LogP contribution >= 0.6 is 0 Å². The molecule has 2 unspecified atom stereocenters. The van der Waals surface area contributed by atoms with Crippen molar-refractivity contribution >= 4 is 6.09 Å². The second-order valence-corrected chi connectivity index (χ2v) is 6.35. The van der Waals surface area contributed by atoms with Crippen LogP contribution in [-0.4, -0.2) is 40.3 Å². The summed E-state index contributed by atoms with van der Waals surface area (Å²) in [6, 6.07) is 9.47. The first-order valence-electron chi connectivity index (χ1n) is 7.83. The summed E-state index contributed by atoms with van der Waals surface area (Å²) in [5, 5.41) is 14.1. The van der Waals surface area contributed by atoms with Crippen LogP contribution in [-0.2, 0) is 11.3 Å². The molecule has 0 spiro atoms. The molecule has 0 aromatic heterocycles. The summed E-state index contributed by atoms with van der Waals surface area (Å²) in [4.78, 5) is 16.9. The minimum atomic E-state index is -1.01. The van der Waals surface area contributed by atoms with Crippen molar-refractivity contribution < 1.29 is 14.6 Å². The molecule has 1 aromatic carbocycles. The lowest BCUT2D eigenvalue weighted by molar-refractivity contribution is -0.0426. The molecule has 3 rings (SSSR count). The average molecular weight is 316 g/mol. The molecular weight excluding hydrogens is 296 g/mol. The fraction of sp³-hybridized carbons (Fsp3) is 0.562. The normalized spacial score (nSPS) is 29.0. The second kappa shape index (κ2) is 6.48. The first kappa shape index (κ1) is 15.6. The van der Waals surface area contributed by atoms with Crippen molar-refractivity contribution in [3.63, 3.8) is 0 Å². The average Bonchev–Trinajstić information content (AvgIpc) is 2.84. The smallest absolute Gasteiger partial charge is 0.410 e. The molecule has 0 saturated carbocycles. The molecule has 2 saturated heterocycles. The third-order valence-electron chi connectivity index (χ3n) is 4.70. The third-order valence-corrected chi connectivity index (χ3v) is 4.70. The van der Waals surface area contributed by atoms with E-state index in [0.717, 1.165) is 18.4 Å². The number of amides is 1. The molecule has 1 aromatic rings. The molecule has 2 fully saturated rings. The van der Waals surface area contributed by atoms with E-state index in [4.69, 9.17) is 10.3 Å². The Kier molecular flexibility index (Phi) is 4.41. The molecule has 7 heteroatoms. The summed E-state index contributed by atoms with van der Waals surface area (Å²) in [6.45, 7) is 0.308. The molecule has 1 N–H and O–H groups in total. The maximum atomic E-state index is 12.4. The Hall–Kier alpha value is -2.24. The summed E-state index contributed by atoms with van der Waals surface area (Å²) in [5.41, 5.74) is 8.38. The van der Waals surface area contributed by atoms with Crippen LogP contribution in [0.2, 0.25) is 0 Å². The van der Waals surface area contributed by atoms with Gasteiger partial charge in [0, 0.05) is 17.0 Å². The lowest BCUT2D eigenvalue weighted by atomic mass is 9.86. The van der Waals surface area contributed by atoms with E-state index < -0.39 is 5.60 Å². The van der Waals surface area contributed by atoms with Gasteiger partial charge in [-0.3, -0.25) is 0 Å². The van der Waals surface area contributed by atoms with E-state index in [9.17, 15) is 9.90 Å². The van der Waals surface area contributed by atoms with Gasteiger partial charge in [0.25, 0.3) is 0 Å². The highest BCUT2D eigenvalue weighted by Crippen LogP contribution is 2.41. The van der Waals surface area contributed by atoms with Gasteiger partial charge >= 0.3 is 6.09 Å². The van der Waals surface area contributed by atoms with E-state index in [2.05, 4.69) is 10.0 Å². The Morgan fingerprint density at radius 1 is 1.35 bits per heavy atom. The van der Waals surface area contributed by atoms with Crippen LogP contribution in [0.1, 0.15) is 31.2 Å². The van der Waals surface area contributed by atoms with Crippen LogP contribution in [0.3, 0.4) is 0 Å². The molecule has 2 atom stereocenters. The standard InChI is InChI=1S/C16H20N4O3/c17-19-18-11-16(22)8-13-6-7-14(9-16)20(13)15(21)23-10-12-4-2-1-3-5-12/h1-5,13-14,22H,6-11H2. The molecule has 1 amide bonds. The predicted molar refractivity (Wildman–Crippen MR) is 83.5 cm³/mol. The number of azide groups is 1.